The van der Waals surface area contributed by atoms with Gasteiger partial charge in [-0.15, -0.1) is 0 Å². The van der Waals surface area contributed by atoms with Gasteiger partial charge >= 0.3 is 43.7 Å². The zero-order valence-corrected chi connectivity index (χ0v) is 10.4. The van der Waals surface area contributed by atoms with Gasteiger partial charge in [0.2, 0.25) is 0 Å². The molecule has 0 fully saturated rings. The molecule has 0 aromatic carbocycles. The van der Waals surface area contributed by atoms with Gasteiger partial charge in [0.15, 0.2) is 0 Å². The summed E-state index contributed by atoms with van der Waals surface area (Å²) in [6.07, 6.45) is -33.3. The van der Waals surface area contributed by atoms with Gasteiger partial charge in [0.1, 0.15) is 0 Å². The molecule has 0 aliphatic heterocycles. The lowest BCUT2D eigenvalue weighted by Crippen LogP contribution is -2.73. The third kappa shape index (κ3) is 2.80. The Kier molecular flexibility index (Phi) is 5.00. The lowest BCUT2D eigenvalue weighted by Gasteiger charge is -2.43. The highest BCUT2D eigenvalue weighted by Gasteiger charge is 3.07. The van der Waals surface area contributed by atoms with Crippen LogP contribution < -0.4 is 0 Å². The summed E-state index contributed by atoms with van der Waals surface area (Å²) in [5.41, 5.74) is -8.73. The maximum Gasteiger partial charge on any atom is 0.616 e. The summed E-state index contributed by atoms with van der Waals surface area (Å²) < 4.78 is 197. The van der Waals surface area contributed by atoms with Gasteiger partial charge in [0, 0.05) is 12.6 Å². The normalized spacial score (nSPS) is 18.8. The van der Waals surface area contributed by atoms with E-state index in [0.29, 0.717) is 0 Å². The third-order valence-corrected chi connectivity index (χ3v) is 3.79. The second-order valence-corrected chi connectivity index (χ2v) is 5.32. The van der Waals surface area contributed by atoms with Gasteiger partial charge < -0.3 is 0 Å². The molecule has 0 saturated carbocycles. The summed E-state index contributed by atoms with van der Waals surface area (Å²) in [6.45, 7) is 0. The Morgan fingerprint density at radius 2 is 0.609 bits per heavy atom. The quantitative estimate of drug-likeness (QED) is 0.360. The van der Waals surface area contributed by atoms with Crippen LogP contribution in [-0.2, 0) is 0 Å². The standard InChI is InChI=1S/C6F16P/c7-2(6(17,18)19,23(20,21)22)1(3(8,9)10,4(11,12)13)5(14,15)16/q+1. The largest absolute Gasteiger partial charge is 0.616 e. The summed E-state index contributed by atoms with van der Waals surface area (Å²) in [6, 6.07) is 0. The molecule has 0 nitrogen and oxygen atoms in total. The average Bonchev–Trinajstić information content (AvgIpc) is 2.05. The summed E-state index contributed by atoms with van der Waals surface area (Å²) in [5.74, 6) is 0. The van der Waals surface area contributed by atoms with Crippen LogP contribution in [0.4, 0.5) is 69.7 Å². The highest BCUT2D eigenvalue weighted by Crippen LogP contribution is 2.87. The molecule has 0 aromatic heterocycles. The first-order chi connectivity index (χ1) is 9.50. The van der Waals surface area contributed by atoms with Gasteiger partial charge in [-0.25, -0.2) is 0 Å². The molecule has 0 bridgehead atoms. The van der Waals surface area contributed by atoms with Crippen molar-refractivity contribution in [2.75, 3.05) is 0 Å². The van der Waals surface area contributed by atoms with E-state index in [1.165, 1.54) is 0 Å². The molecule has 17 heteroatoms. The number of halogens is 16. The van der Waals surface area contributed by atoms with E-state index in [4.69, 9.17) is 0 Å². The topological polar surface area (TPSA) is 0 Å². The lowest BCUT2D eigenvalue weighted by molar-refractivity contribution is -0.472. The first-order valence-electron chi connectivity index (χ1n) is 4.44. The van der Waals surface area contributed by atoms with Gasteiger partial charge in [0.05, 0.1) is 0 Å². The van der Waals surface area contributed by atoms with Gasteiger partial charge in [0.25, 0.3) is 0 Å². The van der Waals surface area contributed by atoms with Crippen molar-refractivity contribution in [2.45, 2.75) is 30.1 Å². The fourth-order valence-electron chi connectivity index (χ4n) is 1.59. The van der Waals surface area contributed by atoms with E-state index in [2.05, 4.69) is 0 Å². The van der Waals surface area contributed by atoms with E-state index in [9.17, 15) is 69.7 Å². The molecule has 0 N–H and O–H groups in total. The predicted molar refractivity (Wildman–Crippen MR) is 40.7 cm³/mol. The van der Waals surface area contributed by atoms with Crippen LogP contribution in [0.1, 0.15) is 0 Å². The van der Waals surface area contributed by atoms with Crippen LogP contribution >= 0.6 is 8.19 Å². The molecule has 0 amide bonds. The van der Waals surface area contributed by atoms with Crippen molar-refractivity contribution in [3.05, 3.63) is 0 Å². The van der Waals surface area contributed by atoms with Crippen molar-refractivity contribution < 1.29 is 69.7 Å². The minimum absolute atomic E-state index is 8.21. The van der Waals surface area contributed by atoms with Crippen molar-refractivity contribution >= 4 is 8.19 Å². The number of hydrogen-bond acceptors (Lipinski definition) is 0. The van der Waals surface area contributed by atoms with Crippen LogP contribution in [0.5, 0.6) is 0 Å². The third-order valence-electron chi connectivity index (χ3n) is 2.50. The van der Waals surface area contributed by atoms with Gasteiger partial charge in [-0.2, -0.15) is 57.1 Å². The van der Waals surface area contributed by atoms with Crippen LogP contribution in [0, 0.1) is 5.41 Å². The average molecular weight is 407 g/mol. The Morgan fingerprint density at radius 3 is 0.652 bits per heavy atom. The van der Waals surface area contributed by atoms with Crippen molar-refractivity contribution in [3.63, 3.8) is 0 Å². The Hall–Kier alpha value is -0.690. The number of hydrogen-bond donors (Lipinski definition) is 0. The summed E-state index contributed by atoms with van der Waals surface area (Å²) in [5, 5.41) is -8.62. The Balaban J connectivity index is 7.46. The zero-order valence-electron chi connectivity index (χ0n) is 9.49. The number of alkyl halides is 13. The van der Waals surface area contributed by atoms with E-state index in [-0.39, 0.29) is 0 Å². The molecule has 0 spiro atoms. The smallest absolute Gasteiger partial charge is 0.176 e. The molecule has 0 aliphatic carbocycles. The summed E-state index contributed by atoms with van der Waals surface area (Å²) >= 11 is 0. The second-order valence-electron chi connectivity index (χ2n) is 3.81. The summed E-state index contributed by atoms with van der Waals surface area (Å²) in [4.78, 5) is 0. The van der Waals surface area contributed by atoms with Crippen molar-refractivity contribution in [3.8, 4) is 0 Å². The van der Waals surface area contributed by atoms with E-state index in [0.717, 1.165) is 0 Å². The molecule has 0 rings (SSSR count). The van der Waals surface area contributed by atoms with Crippen molar-refractivity contribution in [2.24, 2.45) is 5.41 Å². The Labute approximate surface area is 115 Å². The maximum absolute atomic E-state index is 13.3. The highest BCUT2D eigenvalue weighted by atomic mass is 31.3. The predicted octanol–water partition coefficient (Wildman–Crippen LogP) is 6.56. The highest BCUT2D eigenvalue weighted by molar-refractivity contribution is 7.62. The van der Waals surface area contributed by atoms with Gasteiger partial charge in [-0.3, -0.25) is 0 Å². The van der Waals surface area contributed by atoms with E-state index in [1.807, 2.05) is 0 Å². The molecule has 1 atom stereocenters. The number of rotatable bonds is 2. The molecule has 1 unspecified atom stereocenters. The van der Waals surface area contributed by atoms with E-state index in [1.54, 1.807) is 0 Å². The minimum Gasteiger partial charge on any atom is -0.176 e. The molecule has 140 valence electrons. The summed E-state index contributed by atoms with van der Waals surface area (Å²) in [7, 11) is -9.62. The molecule has 23 heavy (non-hydrogen) atoms. The van der Waals surface area contributed by atoms with E-state index < -0.39 is 43.7 Å². The van der Waals surface area contributed by atoms with Crippen LogP contribution in [0.2, 0.25) is 0 Å². The van der Waals surface area contributed by atoms with Crippen LogP contribution in [0.25, 0.3) is 0 Å². The molecular weight excluding hydrogens is 407 g/mol. The first kappa shape index (κ1) is 22.3. The minimum atomic E-state index is -9.62. The Morgan fingerprint density at radius 1 is 0.391 bits per heavy atom. The monoisotopic (exact) mass is 407 g/mol. The van der Waals surface area contributed by atoms with Gasteiger partial charge in [-0.05, 0) is 0 Å². The van der Waals surface area contributed by atoms with Crippen LogP contribution in [0.15, 0.2) is 0 Å². The molecule has 0 saturated heterocycles. The first-order valence-corrected chi connectivity index (χ1v) is 5.90. The van der Waals surface area contributed by atoms with Crippen LogP contribution in [0.3, 0.4) is 0 Å². The zero-order chi connectivity index (χ0) is 19.5. The van der Waals surface area contributed by atoms with Gasteiger partial charge in [-0.1, -0.05) is 0 Å². The maximum atomic E-state index is 13.3. The SMILES string of the molecule is FC(F)(F)C(C(F)(F)F)(C(F)(F)F)C(F)(C(F)(F)F)[P+](F)(F)F. The fourth-order valence-corrected chi connectivity index (χ4v) is 2.64. The van der Waals surface area contributed by atoms with Crippen LogP contribution in [-0.4, -0.2) is 30.1 Å². The van der Waals surface area contributed by atoms with E-state index >= 15 is 0 Å². The Bertz CT molecular complexity index is 376. The van der Waals surface area contributed by atoms with Crippen molar-refractivity contribution in [1.29, 1.82) is 0 Å². The molecule has 0 aliphatic rings. The molecular formula is C6F16P+. The fraction of sp³-hybridized carbons (Fsp3) is 1.00. The molecule has 0 radical (unpaired) electrons. The molecule has 0 aromatic rings. The van der Waals surface area contributed by atoms with Crippen molar-refractivity contribution in [1.82, 2.24) is 0 Å². The second kappa shape index (κ2) is 5.15. The molecule has 0 heterocycles. The lowest BCUT2D eigenvalue weighted by atomic mass is 9.79.